The molecule has 1 heterocycles. The molecule has 1 aliphatic heterocycles. The number of allylic oxidation sites excluding steroid dienone is 1. The summed E-state index contributed by atoms with van der Waals surface area (Å²) in [5.41, 5.74) is 0.955. The van der Waals surface area contributed by atoms with Gasteiger partial charge in [-0.15, -0.1) is 0 Å². The summed E-state index contributed by atoms with van der Waals surface area (Å²) in [6.07, 6.45) is -5.07. The maximum Gasteiger partial charge on any atom is 0.416 e. The van der Waals surface area contributed by atoms with Gasteiger partial charge < -0.3 is 9.47 Å². The van der Waals surface area contributed by atoms with E-state index in [1.165, 1.54) is 29.7 Å². The van der Waals surface area contributed by atoms with E-state index in [4.69, 9.17) is 9.47 Å². The fourth-order valence-corrected chi connectivity index (χ4v) is 6.55. The Morgan fingerprint density at radius 3 is 2.21 bits per heavy atom. The standard InChI is InChI=1S/C33H37F6NO3/c1-19-29(22-14-24(32(34,35)36)16-25(15-22)33(37,38)39)43-30(41)40(19)18-23-17-31(2,3)11-10-26(23)27-13-21(8-9-28(27)42-4)12-20-6-5-7-20/h8-9,13-16,19-20,29H,5-7,10-12,17-18H2,1-4H3/t19-,29-/m0/s1. The molecule has 0 N–H and O–H groups in total. The Morgan fingerprint density at radius 2 is 1.65 bits per heavy atom. The van der Waals surface area contributed by atoms with Crippen LogP contribution in [0.1, 0.15) is 93.2 Å². The number of ether oxygens (including phenoxy) is 2. The van der Waals surface area contributed by atoms with Crippen LogP contribution in [0, 0.1) is 11.3 Å². The molecule has 4 nitrogen and oxygen atoms in total. The van der Waals surface area contributed by atoms with E-state index in [9.17, 15) is 31.1 Å². The van der Waals surface area contributed by atoms with Crippen molar-refractivity contribution in [3.63, 3.8) is 0 Å². The molecule has 3 aliphatic rings. The second kappa shape index (κ2) is 11.4. The molecule has 1 saturated carbocycles. The van der Waals surface area contributed by atoms with E-state index < -0.39 is 41.7 Å². The summed E-state index contributed by atoms with van der Waals surface area (Å²) >= 11 is 0. The van der Waals surface area contributed by atoms with E-state index in [1.54, 1.807) is 14.0 Å². The molecule has 2 aromatic carbocycles. The van der Waals surface area contributed by atoms with Crippen molar-refractivity contribution in [3.05, 3.63) is 69.8 Å². The van der Waals surface area contributed by atoms with Gasteiger partial charge in [-0.25, -0.2) is 4.79 Å². The molecule has 0 unspecified atom stereocenters. The van der Waals surface area contributed by atoms with Gasteiger partial charge >= 0.3 is 18.4 Å². The summed E-state index contributed by atoms with van der Waals surface area (Å²) in [6.45, 7) is 6.03. The van der Waals surface area contributed by atoms with Gasteiger partial charge in [0.1, 0.15) is 11.9 Å². The molecule has 10 heteroatoms. The van der Waals surface area contributed by atoms with Gasteiger partial charge in [-0.3, -0.25) is 4.90 Å². The lowest BCUT2D eigenvalue weighted by Gasteiger charge is -2.36. The normalized spacial score (nSPS) is 22.9. The molecule has 0 spiro atoms. The van der Waals surface area contributed by atoms with Crippen molar-refractivity contribution in [2.45, 2.75) is 90.2 Å². The molecule has 2 aromatic rings. The van der Waals surface area contributed by atoms with Crippen LogP contribution in [0.4, 0.5) is 31.1 Å². The lowest BCUT2D eigenvalue weighted by atomic mass is 9.72. The molecule has 234 valence electrons. The van der Waals surface area contributed by atoms with Crippen molar-refractivity contribution in [3.8, 4) is 5.75 Å². The molecule has 1 saturated heterocycles. The van der Waals surface area contributed by atoms with Gasteiger partial charge in [0.2, 0.25) is 0 Å². The molecule has 0 aromatic heterocycles. The van der Waals surface area contributed by atoms with Crippen LogP contribution in [0.3, 0.4) is 0 Å². The molecule has 2 aliphatic carbocycles. The summed E-state index contributed by atoms with van der Waals surface area (Å²) in [7, 11) is 1.62. The Balaban J connectivity index is 1.49. The number of methoxy groups -OCH3 is 1. The van der Waals surface area contributed by atoms with Gasteiger partial charge in [0.25, 0.3) is 0 Å². The average molecular weight is 610 g/mol. The fraction of sp³-hybridized carbons (Fsp3) is 0.545. The number of carbonyl (C=O) groups excluding carboxylic acids is 1. The summed E-state index contributed by atoms with van der Waals surface area (Å²) < 4.78 is 92.5. The van der Waals surface area contributed by atoms with Crippen LogP contribution < -0.4 is 4.74 Å². The van der Waals surface area contributed by atoms with Crippen molar-refractivity contribution in [1.82, 2.24) is 4.90 Å². The van der Waals surface area contributed by atoms with E-state index in [2.05, 4.69) is 26.0 Å². The third-order valence-electron chi connectivity index (χ3n) is 9.20. The molecule has 5 rings (SSSR count). The number of benzene rings is 2. The van der Waals surface area contributed by atoms with Gasteiger partial charge in [0.05, 0.1) is 24.3 Å². The largest absolute Gasteiger partial charge is 0.496 e. The molecule has 2 fully saturated rings. The topological polar surface area (TPSA) is 38.8 Å². The SMILES string of the molecule is COc1ccc(CC2CCC2)cc1C1=C(CN2C(=O)O[C@H](c3cc(C(F)(F)F)cc(C(F)(F)F)c3)[C@@H]2C)CC(C)(C)CC1. The van der Waals surface area contributed by atoms with Gasteiger partial charge in [-0.1, -0.05) is 39.2 Å². The van der Waals surface area contributed by atoms with E-state index in [-0.39, 0.29) is 23.6 Å². The monoisotopic (exact) mass is 609 g/mol. The second-order valence-corrected chi connectivity index (χ2v) is 13.0. The molecule has 1 amide bonds. The Labute approximate surface area is 248 Å². The van der Waals surface area contributed by atoms with E-state index in [0.29, 0.717) is 24.5 Å². The Morgan fingerprint density at radius 1 is 1.00 bits per heavy atom. The van der Waals surface area contributed by atoms with Crippen molar-refractivity contribution in [1.29, 1.82) is 0 Å². The van der Waals surface area contributed by atoms with E-state index >= 15 is 0 Å². The molecular weight excluding hydrogens is 572 g/mol. The highest BCUT2D eigenvalue weighted by Gasteiger charge is 2.44. The van der Waals surface area contributed by atoms with Crippen LogP contribution in [-0.4, -0.2) is 30.7 Å². The number of rotatable bonds is 7. The highest BCUT2D eigenvalue weighted by Crippen LogP contribution is 2.47. The Kier molecular flexibility index (Phi) is 8.28. The number of hydrogen-bond acceptors (Lipinski definition) is 3. The van der Waals surface area contributed by atoms with Crippen molar-refractivity contribution < 1.29 is 40.6 Å². The van der Waals surface area contributed by atoms with Crippen LogP contribution in [0.5, 0.6) is 5.75 Å². The number of carbonyl (C=O) groups is 1. The summed E-state index contributed by atoms with van der Waals surface area (Å²) in [6, 6.07) is 6.78. The maximum atomic E-state index is 13.5. The van der Waals surface area contributed by atoms with E-state index in [0.717, 1.165) is 41.7 Å². The quantitative estimate of drug-likeness (QED) is 0.294. The zero-order valence-corrected chi connectivity index (χ0v) is 24.8. The van der Waals surface area contributed by atoms with Crippen LogP contribution >= 0.6 is 0 Å². The molecule has 0 radical (unpaired) electrons. The predicted octanol–water partition coefficient (Wildman–Crippen LogP) is 9.62. The lowest BCUT2D eigenvalue weighted by molar-refractivity contribution is -0.143. The zero-order valence-electron chi connectivity index (χ0n) is 24.8. The third-order valence-corrected chi connectivity index (χ3v) is 9.20. The summed E-state index contributed by atoms with van der Waals surface area (Å²) in [5, 5.41) is 0. The van der Waals surface area contributed by atoms with Crippen LogP contribution in [0.2, 0.25) is 0 Å². The molecule has 0 bridgehead atoms. The Bertz CT molecular complexity index is 1370. The fourth-order valence-electron chi connectivity index (χ4n) is 6.55. The maximum absolute atomic E-state index is 13.5. The first-order valence-corrected chi connectivity index (χ1v) is 14.7. The first-order chi connectivity index (χ1) is 20.1. The molecular formula is C33H37F6NO3. The highest BCUT2D eigenvalue weighted by molar-refractivity contribution is 5.77. The number of nitrogens with zero attached hydrogens (tertiary/aromatic N) is 1. The number of hydrogen-bond donors (Lipinski definition) is 0. The molecule has 43 heavy (non-hydrogen) atoms. The Hall–Kier alpha value is -3.17. The first kappa shape index (κ1) is 31.3. The minimum atomic E-state index is -5.00. The predicted molar refractivity (Wildman–Crippen MR) is 150 cm³/mol. The van der Waals surface area contributed by atoms with Crippen LogP contribution in [0.25, 0.3) is 5.57 Å². The van der Waals surface area contributed by atoms with Crippen LogP contribution in [0.15, 0.2) is 42.0 Å². The summed E-state index contributed by atoms with van der Waals surface area (Å²) in [5.74, 6) is 1.40. The van der Waals surface area contributed by atoms with Crippen LogP contribution in [-0.2, 0) is 23.5 Å². The minimum absolute atomic E-state index is 0.0650. The number of halogens is 6. The van der Waals surface area contributed by atoms with Gasteiger partial charge in [0.15, 0.2) is 0 Å². The third kappa shape index (κ3) is 6.68. The minimum Gasteiger partial charge on any atom is -0.496 e. The second-order valence-electron chi connectivity index (χ2n) is 13.0. The lowest BCUT2D eigenvalue weighted by Crippen LogP contribution is -2.35. The van der Waals surface area contributed by atoms with E-state index in [1.807, 2.05) is 6.07 Å². The van der Waals surface area contributed by atoms with Crippen molar-refractivity contribution in [2.24, 2.45) is 11.3 Å². The number of alkyl halides is 6. The highest BCUT2D eigenvalue weighted by atomic mass is 19.4. The number of amides is 1. The van der Waals surface area contributed by atoms with Gasteiger partial charge in [0, 0.05) is 12.1 Å². The van der Waals surface area contributed by atoms with Crippen molar-refractivity contribution >= 4 is 11.7 Å². The van der Waals surface area contributed by atoms with Crippen molar-refractivity contribution in [2.75, 3.05) is 13.7 Å². The smallest absolute Gasteiger partial charge is 0.416 e. The van der Waals surface area contributed by atoms with Gasteiger partial charge in [-0.2, -0.15) is 26.3 Å². The average Bonchev–Trinajstić information content (AvgIpc) is 3.17. The number of cyclic esters (lactones) is 1. The summed E-state index contributed by atoms with van der Waals surface area (Å²) in [4.78, 5) is 14.6. The zero-order chi connectivity index (χ0) is 31.3. The molecule has 2 atom stereocenters. The van der Waals surface area contributed by atoms with Gasteiger partial charge in [-0.05, 0) is 96.5 Å². The first-order valence-electron chi connectivity index (χ1n) is 14.7.